The van der Waals surface area contributed by atoms with E-state index in [1.807, 2.05) is 31.2 Å². The van der Waals surface area contributed by atoms with Gasteiger partial charge in [0.2, 0.25) is 5.91 Å². The van der Waals surface area contributed by atoms with Crippen LogP contribution in [0.1, 0.15) is 44.7 Å². The highest BCUT2D eigenvalue weighted by Gasteiger charge is 2.12. The largest absolute Gasteiger partial charge is 0.350 e. The molecule has 4 heteroatoms. The first-order valence-electron chi connectivity index (χ1n) is 6.78. The number of hydrogen-bond donors (Lipinski definition) is 2. The Morgan fingerprint density at radius 3 is 2.63 bits per heavy atom. The number of halogens is 1. The summed E-state index contributed by atoms with van der Waals surface area (Å²) in [6, 6.07) is 7.98. The second kappa shape index (κ2) is 8.33. The second-order valence-electron chi connectivity index (χ2n) is 5.03. The van der Waals surface area contributed by atoms with E-state index >= 15 is 0 Å². The first kappa shape index (κ1) is 16.2. The summed E-state index contributed by atoms with van der Waals surface area (Å²) in [5, 5.41) is 3.03. The molecule has 0 spiro atoms. The predicted molar refractivity (Wildman–Crippen MR) is 82.8 cm³/mol. The van der Waals surface area contributed by atoms with Gasteiger partial charge in [-0.25, -0.2) is 0 Å². The van der Waals surface area contributed by atoms with Crippen molar-refractivity contribution < 1.29 is 4.79 Å². The first-order chi connectivity index (χ1) is 9.04. The van der Waals surface area contributed by atoms with Crippen molar-refractivity contribution in [1.82, 2.24) is 5.32 Å². The van der Waals surface area contributed by atoms with Crippen LogP contribution in [0.15, 0.2) is 28.7 Å². The van der Waals surface area contributed by atoms with Crippen LogP contribution in [0.2, 0.25) is 0 Å². The summed E-state index contributed by atoms with van der Waals surface area (Å²) in [6.45, 7) is 4.83. The Bertz CT molecular complexity index is 409. The predicted octanol–water partition coefficient (Wildman–Crippen LogP) is 3.39. The van der Waals surface area contributed by atoms with E-state index in [0.29, 0.717) is 18.9 Å². The van der Waals surface area contributed by atoms with E-state index < -0.39 is 0 Å². The molecule has 0 aliphatic rings. The Morgan fingerprint density at radius 2 is 2.00 bits per heavy atom. The molecule has 0 heterocycles. The molecule has 1 unspecified atom stereocenters. The second-order valence-corrected chi connectivity index (χ2v) is 5.89. The molecule has 0 aliphatic carbocycles. The van der Waals surface area contributed by atoms with Gasteiger partial charge in [0.05, 0.1) is 6.04 Å². The number of benzene rings is 1. The lowest BCUT2D eigenvalue weighted by Crippen LogP contribution is -2.27. The summed E-state index contributed by atoms with van der Waals surface area (Å²) >= 11 is 3.50. The SMILES string of the molecule is CC(CCN)CCC(=O)N[C@@H](C)c1ccccc1Br. The van der Waals surface area contributed by atoms with Gasteiger partial charge in [0, 0.05) is 10.9 Å². The van der Waals surface area contributed by atoms with Crippen molar-refractivity contribution in [1.29, 1.82) is 0 Å². The average Bonchev–Trinajstić information content (AvgIpc) is 2.37. The molecule has 1 rings (SSSR count). The summed E-state index contributed by atoms with van der Waals surface area (Å²) < 4.78 is 1.03. The molecule has 0 fully saturated rings. The van der Waals surface area contributed by atoms with Crippen LogP contribution in [0.3, 0.4) is 0 Å². The summed E-state index contributed by atoms with van der Waals surface area (Å²) in [7, 11) is 0. The molecule has 1 aromatic rings. The third kappa shape index (κ3) is 5.74. The molecule has 3 nitrogen and oxygen atoms in total. The van der Waals surface area contributed by atoms with Crippen LogP contribution in [-0.4, -0.2) is 12.5 Å². The van der Waals surface area contributed by atoms with Crippen LogP contribution >= 0.6 is 15.9 Å². The van der Waals surface area contributed by atoms with Crippen LogP contribution in [0.5, 0.6) is 0 Å². The van der Waals surface area contributed by atoms with Crippen LogP contribution in [0, 0.1) is 5.92 Å². The number of nitrogens with two attached hydrogens (primary N) is 1. The third-order valence-corrected chi connectivity index (χ3v) is 4.00. The summed E-state index contributed by atoms with van der Waals surface area (Å²) in [6.07, 6.45) is 2.44. The van der Waals surface area contributed by atoms with Crippen molar-refractivity contribution in [2.24, 2.45) is 11.7 Å². The fourth-order valence-corrected chi connectivity index (χ4v) is 2.65. The lowest BCUT2D eigenvalue weighted by molar-refractivity contribution is -0.122. The smallest absolute Gasteiger partial charge is 0.220 e. The zero-order chi connectivity index (χ0) is 14.3. The van der Waals surface area contributed by atoms with Crippen LogP contribution < -0.4 is 11.1 Å². The summed E-state index contributed by atoms with van der Waals surface area (Å²) in [5.74, 6) is 0.613. The van der Waals surface area contributed by atoms with Gasteiger partial charge in [0.15, 0.2) is 0 Å². The minimum Gasteiger partial charge on any atom is -0.350 e. The molecular formula is C15H23BrN2O. The highest BCUT2D eigenvalue weighted by Crippen LogP contribution is 2.22. The van der Waals surface area contributed by atoms with Crippen LogP contribution in [-0.2, 0) is 4.79 Å². The van der Waals surface area contributed by atoms with Gasteiger partial charge in [0.25, 0.3) is 0 Å². The Balaban J connectivity index is 2.42. The molecule has 0 saturated heterocycles. The van der Waals surface area contributed by atoms with Crippen LogP contribution in [0.4, 0.5) is 0 Å². The zero-order valence-corrected chi connectivity index (χ0v) is 13.2. The van der Waals surface area contributed by atoms with Crippen LogP contribution in [0.25, 0.3) is 0 Å². The summed E-state index contributed by atoms with van der Waals surface area (Å²) in [4.78, 5) is 11.9. The van der Waals surface area contributed by atoms with Gasteiger partial charge in [0.1, 0.15) is 0 Å². The number of carbonyl (C=O) groups excluding carboxylic acids is 1. The van der Waals surface area contributed by atoms with Crippen molar-refractivity contribution in [2.45, 2.75) is 39.2 Å². The van der Waals surface area contributed by atoms with Gasteiger partial charge in [-0.05, 0) is 43.9 Å². The van der Waals surface area contributed by atoms with E-state index in [0.717, 1.165) is 22.9 Å². The van der Waals surface area contributed by atoms with E-state index in [-0.39, 0.29) is 11.9 Å². The maximum Gasteiger partial charge on any atom is 0.220 e. The molecule has 3 N–H and O–H groups in total. The number of hydrogen-bond acceptors (Lipinski definition) is 2. The van der Waals surface area contributed by atoms with Crippen molar-refractivity contribution >= 4 is 21.8 Å². The number of nitrogens with one attached hydrogen (secondary N) is 1. The van der Waals surface area contributed by atoms with Crippen molar-refractivity contribution in [3.8, 4) is 0 Å². The quantitative estimate of drug-likeness (QED) is 0.806. The topological polar surface area (TPSA) is 55.1 Å². The van der Waals surface area contributed by atoms with E-state index in [1.165, 1.54) is 0 Å². The highest BCUT2D eigenvalue weighted by atomic mass is 79.9. The average molecular weight is 327 g/mol. The Labute approximate surface area is 124 Å². The molecule has 106 valence electrons. The first-order valence-corrected chi connectivity index (χ1v) is 7.57. The minimum atomic E-state index is 0.0212. The third-order valence-electron chi connectivity index (χ3n) is 3.27. The standard InChI is InChI=1S/C15H23BrN2O/c1-11(9-10-17)7-8-15(19)18-12(2)13-5-3-4-6-14(13)16/h3-6,11-12H,7-10,17H2,1-2H3,(H,18,19)/t11?,12-/m0/s1. The fourth-order valence-electron chi connectivity index (χ4n) is 2.02. The van der Waals surface area contributed by atoms with E-state index in [4.69, 9.17) is 5.73 Å². The van der Waals surface area contributed by atoms with Gasteiger partial charge in [-0.3, -0.25) is 4.79 Å². The zero-order valence-electron chi connectivity index (χ0n) is 11.7. The van der Waals surface area contributed by atoms with Gasteiger partial charge in [-0.2, -0.15) is 0 Å². The fraction of sp³-hybridized carbons (Fsp3) is 0.533. The van der Waals surface area contributed by atoms with E-state index in [2.05, 4.69) is 28.2 Å². The molecule has 1 amide bonds. The van der Waals surface area contributed by atoms with E-state index in [9.17, 15) is 4.79 Å². The maximum atomic E-state index is 11.9. The number of carbonyl (C=O) groups is 1. The normalized spacial score (nSPS) is 13.9. The lowest BCUT2D eigenvalue weighted by atomic mass is 10.0. The monoisotopic (exact) mass is 326 g/mol. The molecule has 2 atom stereocenters. The number of rotatable bonds is 7. The maximum absolute atomic E-state index is 11.9. The van der Waals surface area contributed by atoms with Gasteiger partial charge < -0.3 is 11.1 Å². The minimum absolute atomic E-state index is 0.0212. The lowest BCUT2D eigenvalue weighted by Gasteiger charge is -2.16. The Hall–Kier alpha value is -0.870. The van der Waals surface area contributed by atoms with Crippen molar-refractivity contribution in [3.63, 3.8) is 0 Å². The molecule has 0 aromatic heterocycles. The van der Waals surface area contributed by atoms with Gasteiger partial charge in [-0.1, -0.05) is 41.1 Å². The Morgan fingerprint density at radius 1 is 1.32 bits per heavy atom. The number of amides is 1. The van der Waals surface area contributed by atoms with Crippen molar-refractivity contribution in [3.05, 3.63) is 34.3 Å². The molecule has 1 aromatic carbocycles. The molecule has 19 heavy (non-hydrogen) atoms. The van der Waals surface area contributed by atoms with Crippen molar-refractivity contribution in [2.75, 3.05) is 6.54 Å². The Kier molecular flexibility index (Phi) is 7.10. The van der Waals surface area contributed by atoms with E-state index in [1.54, 1.807) is 0 Å². The molecule has 0 aliphatic heterocycles. The molecular weight excluding hydrogens is 304 g/mol. The highest BCUT2D eigenvalue weighted by molar-refractivity contribution is 9.10. The molecule has 0 saturated carbocycles. The van der Waals surface area contributed by atoms with Gasteiger partial charge >= 0.3 is 0 Å². The molecule has 0 bridgehead atoms. The molecule has 0 radical (unpaired) electrons. The van der Waals surface area contributed by atoms with Gasteiger partial charge in [-0.15, -0.1) is 0 Å². The summed E-state index contributed by atoms with van der Waals surface area (Å²) in [5.41, 5.74) is 6.61.